The lowest BCUT2D eigenvalue weighted by Crippen LogP contribution is -2.30. The first-order valence-corrected chi connectivity index (χ1v) is 41.4. The summed E-state index contributed by atoms with van der Waals surface area (Å²) in [6.45, 7) is 11.9. The summed E-state index contributed by atoms with van der Waals surface area (Å²) >= 11 is 0. The molecular formula is C74H144O17P2. The van der Waals surface area contributed by atoms with Crippen LogP contribution in [0.4, 0.5) is 0 Å². The molecule has 93 heavy (non-hydrogen) atoms. The molecule has 0 aliphatic carbocycles. The number of carbonyl (C=O) groups is 4. The first-order chi connectivity index (χ1) is 44.8. The van der Waals surface area contributed by atoms with E-state index in [1.807, 2.05) is 0 Å². The maximum absolute atomic E-state index is 13.1. The van der Waals surface area contributed by atoms with E-state index in [9.17, 15) is 43.2 Å². The van der Waals surface area contributed by atoms with Crippen molar-refractivity contribution in [2.24, 2.45) is 17.8 Å². The molecule has 0 amide bonds. The van der Waals surface area contributed by atoms with Gasteiger partial charge in [-0.3, -0.25) is 37.3 Å². The first kappa shape index (κ1) is 91.1. The van der Waals surface area contributed by atoms with Gasteiger partial charge in [0.15, 0.2) is 12.2 Å². The van der Waals surface area contributed by atoms with Gasteiger partial charge in [-0.25, -0.2) is 9.13 Å². The molecule has 0 rings (SSSR count). The maximum atomic E-state index is 13.1. The lowest BCUT2D eigenvalue weighted by molar-refractivity contribution is -0.161. The Labute approximate surface area is 568 Å². The van der Waals surface area contributed by atoms with E-state index in [0.29, 0.717) is 25.7 Å². The van der Waals surface area contributed by atoms with Gasteiger partial charge in [0.1, 0.15) is 19.3 Å². The second-order valence-electron chi connectivity index (χ2n) is 27.9. The monoisotopic (exact) mass is 1370 g/mol. The van der Waals surface area contributed by atoms with Crippen molar-refractivity contribution in [1.29, 1.82) is 0 Å². The summed E-state index contributed by atoms with van der Waals surface area (Å²) in [6.07, 6.45) is 50.0. The van der Waals surface area contributed by atoms with Crippen LogP contribution in [0.25, 0.3) is 0 Å². The Hall–Kier alpha value is -1.94. The minimum absolute atomic E-state index is 0.106. The lowest BCUT2D eigenvalue weighted by Gasteiger charge is -2.21. The molecule has 0 spiro atoms. The first-order valence-electron chi connectivity index (χ1n) is 38.4. The maximum Gasteiger partial charge on any atom is 0.472 e. The highest BCUT2D eigenvalue weighted by molar-refractivity contribution is 7.47. The van der Waals surface area contributed by atoms with Crippen LogP contribution in [0.2, 0.25) is 0 Å². The van der Waals surface area contributed by atoms with E-state index in [0.717, 1.165) is 120 Å². The van der Waals surface area contributed by atoms with E-state index >= 15 is 0 Å². The summed E-state index contributed by atoms with van der Waals surface area (Å²) in [6, 6.07) is 0. The number of carbonyl (C=O) groups excluding carboxylic acids is 4. The van der Waals surface area contributed by atoms with Gasteiger partial charge in [-0.2, -0.15) is 0 Å². The summed E-state index contributed by atoms with van der Waals surface area (Å²) in [5.41, 5.74) is 0. The third kappa shape index (κ3) is 67.0. The van der Waals surface area contributed by atoms with Crippen LogP contribution in [0.3, 0.4) is 0 Å². The van der Waals surface area contributed by atoms with Gasteiger partial charge in [0.05, 0.1) is 26.4 Å². The molecule has 0 aliphatic rings. The number of aliphatic hydroxyl groups is 1. The predicted octanol–water partition coefficient (Wildman–Crippen LogP) is 21.4. The topological polar surface area (TPSA) is 237 Å². The molecule has 0 aromatic carbocycles. The van der Waals surface area contributed by atoms with Gasteiger partial charge < -0.3 is 33.8 Å². The van der Waals surface area contributed by atoms with Crippen molar-refractivity contribution in [3.8, 4) is 0 Å². The summed E-state index contributed by atoms with van der Waals surface area (Å²) in [7, 11) is -9.90. The zero-order chi connectivity index (χ0) is 68.7. The highest BCUT2D eigenvalue weighted by Gasteiger charge is 2.30. The molecule has 19 heteroatoms. The van der Waals surface area contributed by atoms with Gasteiger partial charge in [0.2, 0.25) is 0 Å². The number of ether oxygens (including phenoxy) is 4. The molecule has 6 atom stereocenters. The second-order valence-corrected chi connectivity index (χ2v) is 30.8. The van der Waals surface area contributed by atoms with Crippen LogP contribution in [0.15, 0.2) is 0 Å². The zero-order valence-electron chi connectivity index (χ0n) is 60.7. The van der Waals surface area contributed by atoms with Crippen LogP contribution in [0, 0.1) is 17.8 Å². The van der Waals surface area contributed by atoms with Gasteiger partial charge >= 0.3 is 39.5 Å². The number of phosphoric acid groups is 2. The fourth-order valence-electron chi connectivity index (χ4n) is 11.2. The quantitative estimate of drug-likeness (QED) is 0.0222. The van der Waals surface area contributed by atoms with Crippen molar-refractivity contribution < 1.29 is 80.2 Å². The third-order valence-electron chi connectivity index (χ3n) is 17.5. The molecule has 0 aromatic rings. The second kappa shape index (κ2) is 64.7. The Morgan fingerprint density at radius 3 is 0.817 bits per heavy atom. The van der Waals surface area contributed by atoms with Gasteiger partial charge in [0, 0.05) is 25.7 Å². The van der Waals surface area contributed by atoms with Gasteiger partial charge in [-0.1, -0.05) is 325 Å². The highest BCUT2D eigenvalue weighted by Crippen LogP contribution is 2.45. The fraction of sp³-hybridized carbons (Fsp3) is 0.946. The lowest BCUT2D eigenvalue weighted by atomic mass is 9.99. The Morgan fingerprint density at radius 1 is 0.312 bits per heavy atom. The van der Waals surface area contributed by atoms with Gasteiger partial charge in [0.25, 0.3) is 0 Å². The Bertz CT molecular complexity index is 1820. The van der Waals surface area contributed by atoms with Crippen molar-refractivity contribution in [2.75, 3.05) is 39.6 Å². The van der Waals surface area contributed by atoms with Gasteiger partial charge in [-0.05, 0) is 43.4 Å². The number of rotatable bonds is 72. The SMILES string of the molecule is CCCCCCCCCC(=O)OC[C@H](COP(=O)(O)OC[C@H](O)COP(=O)(O)OC[C@@H](COC(=O)CCCCCCCCCCCCCC(C)C)OC(=O)CCCCCCCCCCCCCCCCC(C)CC)OC(=O)CCCCCCCCCCCCCC(C)C. The molecule has 0 saturated heterocycles. The molecule has 3 unspecified atom stereocenters. The van der Waals surface area contributed by atoms with Crippen LogP contribution in [0.5, 0.6) is 0 Å². The standard InChI is InChI=1S/C74H144O17P2/c1-8-10-11-12-31-41-48-55-71(76)84-61-69(90-74(79)58-51-44-37-30-24-18-20-26-33-39-46-53-66(5)6)63-88-92(80,81)86-59-68(75)60-87-93(82,83)89-64-70(62-85-72(77)56-49-42-35-28-23-17-19-25-32-38-45-52-65(3)4)91-73(78)57-50-43-36-29-22-16-14-13-15-21-27-34-40-47-54-67(7)9-2/h65-70,75H,8-64H2,1-7H3,(H,80,81)(H,82,83)/t67?,68-,69+,70+/m0/s1. The molecule has 0 aliphatic heterocycles. The molecule has 0 saturated carbocycles. The molecule has 0 bridgehead atoms. The molecule has 3 N–H and O–H groups in total. The smallest absolute Gasteiger partial charge is 0.462 e. The summed E-state index contributed by atoms with van der Waals surface area (Å²) in [5, 5.41) is 10.6. The summed E-state index contributed by atoms with van der Waals surface area (Å²) in [5.74, 6) is 0.258. The molecule has 17 nitrogen and oxygen atoms in total. The summed E-state index contributed by atoms with van der Waals surface area (Å²) < 4.78 is 68.4. The van der Waals surface area contributed by atoms with Crippen LogP contribution in [-0.2, 0) is 65.4 Å². The van der Waals surface area contributed by atoms with Crippen LogP contribution >= 0.6 is 15.6 Å². The van der Waals surface area contributed by atoms with Crippen molar-refractivity contribution >= 4 is 39.5 Å². The predicted molar refractivity (Wildman–Crippen MR) is 377 cm³/mol. The Kier molecular flexibility index (Phi) is 63.4. The van der Waals surface area contributed by atoms with Crippen LogP contribution in [-0.4, -0.2) is 96.7 Å². The minimum atomic E-state index is -4.96. The van der Waals surface area contributed by atoms with Crippen LogP contribution in [0.1, 0.15) is 376 Å². The molecule has 0 radical (unpaired) electrons. The fourth-order valence-corrected chi connectivity index (χ4v) is 12.8. The molecule has 552 valence electrons. The molecular weight excluding hydrogens is 1220 g/mol. The molecule has 0 heterocycles. The van der Waals surface area contributed by atoms with Crippen molar-refractivity contribution in [2.45, 2.75) is 394 Å². The number of hydrogen-bond acceptors (Lipinski definition) is 15. The van der Waals surface area contributed by atoms with E-state index < -0.39 is 97.5 Å². The third-order valence-corrected chi connectivity index (χ3v) is 19.4. The summed E-state index contributed by atoms with van der Waals surface area (Å²) in [4.78, 5) is 72.6. The van der Waals surface area contributed by atoms with E-state index in [1.54, 1.807) is 0 Å². The molecule has 0 fully saturated rings. The van der Waals surface area contributed by atoms with E-state index in [4.69, 9.17) is 37.0 Å². The van der Waals surface area contributed by atoms with Crippen molar-refractivity contribution in [3.05, 3.63) is 0 Å². The van der Waals surface area contributed by atoms with Crippen molar-refractivity contribution in [3.63, 3.8) is 0 Å². The average Bonchev–Trinajstić information content (AvgIpc) is 1.72. The van der Waals surface area contributed by atoms with Crippen LogP contribution < -0.4 is 0 Å². The number of esters is 4. The number of phosphoric ester groups is 2. The Morgan fingerprint density at radius 2 is 0.548 bits per heavy atom. The highest BCUT2D eigenvalue weighted by atomic mass is 31.2. The molecule has 0 aromatic heterocycles. The minimum Gasteiger partial charge on any atom is -0.462 e. The number of unbranched alkanes of at least 4 members (excludes halogenated alkanes) is 39. The largest absolute Gasteiger partial charge is 0.472 e. The number of hydrogen-bond donors (Lipinski definition) is 3. The van der Waals surface area contributed by atoms with E-state index in [-0.39, 0.29) is 25.7 Å². The van der Waals surface area contributed by atoms with Gasteiger partial charge in [-0.15, -0.1) is 0 Å². The number of aliphatic hydroxyl groups excluding tert-OH is 1. The Balaban J connectivity index is 5.20. The zero-order valence-corrected chi connectivity index (χ0v) is 62.5. The normalized spacial score (nSPS) is 14.4. The van der Waals surface area contributed by atoms with E-state index in [1.165, 1.54) is 173 Å². The van der Waals surface area contributed by atoms with Crippen molar-refractivity contribution in [1.82, 2.24) is 0 Å². The van der Waals surface area contributed by atoms with E-state index in [2.05, 4.69) is 48.5 Å². The average molecular weight is 1370 g/mol.